The van der Waals surface area contributed by atoms with E-state index < -0.39 is 11.5 Å². The van der Waals surface area contributed by atoms with Crippen molar-refractivity contribution in [3.05, 3.63) is 58.7 Å². The van der Waals surface area contributed by atoms with Crippen LogP contribution in [0.15, 0.2) is 41.4 Å². The molecule has 2 aliphatic heterocycles. The van der Waals surface area contributed by atoms with E-state index in [9.17, 15) is 14.4 Å². The highest BCUT2D eigenvalue weighted by Crippen LogP contribution is 2.36. The van der Waals surface area contributed by atoms with Gasteiger partial charge in [-0.2, -0.15) is 0 Å². The molecule has 0 radical (unpaired) electrons. The Balaban J connectivity index is 1.54. The maximum atomic E-state index is 12.8. The Bertz CT molecular complexity index is 1180. The first-order chi connectivity index (χ1) is 16.2. The standard InChI is InChI=1S/C26H30N4O4/c1-5-6-11-27-23(31)15-7-10-20-18(13-15)21(24(32)30-20)22-28-14-17-12-16(8-9-19(17)29-22)25(33)34-26(2,3)4/h7-10,12-13,21H,5-6,11,14H2,1-4H3,(H,27,31)(H,28,29)(H,30,32). The topological polar surface area (TPSA) is 109 Å². The van der Waals surface area contributed by atoms with Crippen molar-refractivity contribution in [2.45, 2.75) is 58.6 Å². The van der Waals surface area contributed by atoms with Gasteiger partial charge in [-0.25, -0.2) is 4.79 Å². The van der Waals surface area contributed by atoms with E-state index in [1.807, 2.05) is 20.8 Å². The molecule has 34 heavy (non-hydrogen) atoms. The number of amides is 2. The summed E-state index contributed by atoms with van der Waals surface area (Å²) in [5.74, 6) is -0.875. The molecule has 0 bridgehead atoms. The number of hydrogen-bond acceptors (Lipinski definition) is 6. The van der Waals surface area contributed by atoms with E-state index in [-0.39, 0.29) is 17.8 Å². The van der Waals surface area contributed by atoms with Crippen molar-refractivity contribution >= 4 is 35.0 Å². The van der Waals surface area contributed by atoms with Crippen molar-refractivity contribution < 1.29 is 19.1 Å². The summed E-state index contributed by atoms with van der Waals surface area (Å²) in [6.07, 6.45) is 1.91. The number of ether oxygens (including phenoxy) is 1. The molecule has 4 rings (SSSR count). The molecule has 2 aromatic rings. The van der Waals surface area contributed by atoms with Crippen LogP contribution in [-0.4, -0.2) is 35.8 Å². The molecule has 3 N–H and O–H groups in total. The fourth-order valence-electron chi connectivity index (χ4n) is 3.98. The number of aliphatic imine (C=N–C) groups is 1. The van der Waals surface area contributed by atoms with Gasteiger partial charge in [0.25, 0.3) is 5.91 Å². The van der Waals surface area contributed by atoms with Gasteiger partial charge >= 0.3 is 5.97 Å². The predicted octanol–water partition coefficient (Wildman–Crippen LogP) is 4.23. The lowest BCUT2D eigenvalue weighted by Crippen LogP contribution is -2.30. The summed E-state index contributed by atoms with van der Waals surface area (Å²) in [5.41, 5.74) is 3.41. The predicted molar refractivity (Wildman–Crippen MR) is 131 cm³/mol. The summed E-state index contributed by atoms with van der Waals surface area (Å²) in [4.78, 5) is 42.3. The molecule has 0 saturated carbocycles. The molecular formula is C26H30N4O4. The second-order valence-corrected chi connectivity index (χ2v) is 9.53. The molecule has 2 aliphatic rings. The Morgan fingerprint density at radius 2 is 1.82 bits per heavy atom. The maximum Gasteiger partial charge on any atom is 0.338 e. The first-order valence-corrected chi connectivity index (χ1v) is 11.6. The Morgan fingerprint density at radius 1 is 1.09 bits per heavy atom. The second kappa shape index (κ2) is 9.29. The Kier molecular flexibility index (Phi) is 6.41. The first-order valence-electron chi connectivity index (χ1n) is 11.6. The van der Waals surface area contributed by atoms with Gasteiger partial charge < -0.3 is 20.7 Å². The number of carbonyl (C=O) groups is 3. The van der Waals surface area contributed by atoms with Crippen LogP contribution < -0.4 is 16.0 Å². The fourth-order valence-corrected chi connectivity index (χ4v) is 3.98. The number of hydrogen-bond donors (Lipinski definition) is 3. The summed E-state index contributed by atoms with van der Waals surface area (Å²) in [6, 6.07) is 10.5. The van der Waals surface area contributed by atoms with E-state index in [4.69, 9.17) is 4.74 Å². The van der Waals surface area contributed by atoms with Crippen LogP contribution in [0.1, 0.15) is 78.3 Å². The second-order valence-electron chi connectivity index (χ2n) is 9.53. The number of fused-ring (bicyclic) bond motifs is 2. The zero-order valence-electron chi connectivity index (χ0n) is 20.0. The minimum absolute atomic E-state index is 0.159. The van der Waals surface area contributed by atoms with Crippen LogP contribution >= 0.6 is 0 Å². The number of nitrogens with one attached hydrogen (secondary N) is 3. The maximum absolute atomic E-state index is 12.8. The zero-order valence-corrected chi connectivity index (χ0v) is 20.0. The number of unbranched alkanes of at least 4 members (excludes halogenated alkanes) is 1. The Hall–Kier alpha value is -3.68. The molecule has 8 nitrogen and oxygen atoms in total. The lowest BCUT2D eigenvalue weighted by atomic mass is 9.95. The molecule has 1 atom stereocenters. The smallest absolute Gasteiger partial charge is 0.338 e. The molecule has 0 saturated heterocycles. The summed E-state index contributed by atoms with van der Waals surface area (Å²) >= 11 is 0. The summed E-state index contributed by atoms with van der Waals surface area (Å²) in [5, 5.41) is 9.04. The van der Waals surface area contributed by atoms with Crippen LogP contribution in [0, 0.1) is 0 Å². The van der Waals surface area contributed by atoms with Gasteiger partial charge in [0.05, 0.1) is 12.1 Å². The third-order valence-corrected chi connectivity index (χ3v) is 5.66. The third-order valence-electron chi connectivity index (χ3n) is 5.66. The number of nitrogens with zero attached hydrogens (tertiary/aromatic N) is 1. The van der Waals surface area contributed by atoms with Gasteiger partial charge in [0.2, 0.25) is 5.91 Å². The molecule has 2 heterocycles. The zero-order chi connectivity index (χ0) is 24.5. The average Bonchev–Trinajstić information content (AvgIpc) is 3.12. The minimum Gasteiger partial charge on any atom is -0.456 e. The Morgan fingerprint density at radius 3 is 2.56 bits per heavy atom. The van der Waals surface area contributed by atoms with Gasteiger partial charge in [0.1, 0.15) is 17.4 Å². The highest BCUT2D eigenvalue weighted by molar-refractivity contribution is 6.22. The SMILES string of the molecule is CCCCNC(=O)c1ccc2c(c1)C(C1=NCc3cc(C(=O)OC(C)(C)C)ccc3N1)C(=O)N2. The molecule has 8 heteroatoms. The quantitative estimate of drug-likeness (QED) is 0.440. The molecular weight excluding hydrogens is 432 g/mol. The molecule has 0 aromatic heterocycles. The van der Waals surface area contributed by atoms with Crippen molar-refractivity contribution in [2.75, 3.05) is 17.2 Å². The van der Waals surface area contributed by atoms with Crippen LogP contribution in [-0.2, 0) is 16.1 Å². The number of rotatable bonds is 6. The van der Waals surface area contributed by atoms with Gasteiger partial charge in [-0.05, 0) is 74.7 Å². The molecule has 2 amide bonds. The van der Waals surface area contributed by atoms with Crippen molar-refractivity contribution in [3.63, 3.8) is 0 Å². The number of esters is 1. The molecule has 0 fully saturated rings. The van der Waals surface area contributed by atoms with E-state index in [0.717, 1.165) is 24.1 Å². The van der Waals surface area contributed by atoms with Gasteiger partial charge in [-0.1, -0.05) is 13.3 Å². The molecule has 0 aliphatic carbocycles. The van der Waals surface area contributed by atoms with Crippen LogP contribution in [0.5, 0.6) is 0 Å². The van der Waals surface area contributed by atoms with E-state index in [2.05, 4.69) is 27.9 Å². The van der Waals surface area contributed by atoms with Gasteiger partial charge in [0, 0.05) is 23.5 Å². The summed E-state index contributed by atoms with van der Waals surface area (Å²) in [7, 11) is 0. The van der Waals surface area contributed by atoms with Crippen LogP contribution in [0.4, 0.5) is 11.4 Å². The molecule has 0 spiro atoms. The van der Waals surface area contributed by atoms with Crippen LogP contribution in [0.2, 0.25) is 0 Å². The lowest BCUT2D eigenvalue weighted by Gasteiger charge is -2.23. The molecule has 178 valence electrons. The fraction of sp³-hybridized carbons (Fsp3) is 0.385. The van der Waals surface area contributed by atoms with Crippen molar-refractivity contribution in [1.82, 2.24) is 5.32 Å². The van der Waals surface area contributed by atoms with Crippen molar-refractivity contribution in [1.29, 1.82) is 0 Å². The number of carbonyl (C=O) groups excluding carboxylic acids is 3. The Labute approximate surface area is 199 Å². The largest absolute Gasteiger partial charge is 0.456 e. The lowest BCUT2D eigenvalue weighted by molar-refractivity contribution is -0.115. The molecule has 1 unspecified atom stereocenters. The van der Waals surface area contributed by atoms with E-state index in [0.29, 0.717) is 41.3 Å². The number of anilines is 2. The van der Waals surface area contributed by atoms with E-state index in [1.54, 1.807) is 36.4 Å². The van der Waals surface area contributed by atoms with E-state index >= 15 is 0 Å². The number of amidine groups is 1. The van der Waals surface area contributed by atoms with Crippen LogP contribution in [0.3, 0.4) is 0 Å². The van der Waals surface area contributed by atoms with Crippen molar-refractivity contribution in [2.24, 2.45) is 4.99 Å². The summed E-state index contributed by atoms with van der Waals surface area (Å²) < 4.78 is 5.45. The monoisotopic (exact) mass is 462 g/mol. The average molecular weight is 463 g/mol. The highest BCUT2D eigenvalue weighted by atomic mass is 16.6. The number of benzene rings is 2. The van der Waals surface area contributed by atoms with Gasteiger partial charge in [0.15, 0.2) is 0 Å². The van der Waals surface area contributed by atoms with Gasteiger partial charge in [-0.15, -0.1) is 0 Å². The normalized spacial score (nSPS) is 16.5. The third kappa shape index (κ3) is 4.95. The van der Waals surface area contributed by atoms with E-state index in [1.165, 1.54) is 0 Å². The van der Waals surface area contributed by atoms with Crippen molar-refractivity contribution in [3.8, 4) is 0 Å². The molecule has 2 aromatic carbocycles. The van der Waals surface area contributed by atoms with Gasteiger partial charge in [-0.3, -0.25) is 14.6 Å². The van der Waals surface area contributed by atoms with Crippen LogP contribution in [0.25, 0.3) is 0 Å². The first kappa shape index (κ1) is 23.5. The minimum atomic E-state index is -0.642. The summed E-state index contributed by atoms with van der Waals surface area (Å²) in [6.45, 7) is 8.48. The highest BCUT2D eigenvalue weighted by Gasteiger charge is 2.36.